The summed E-state index contributed by atoms with van der Waals surface area (Å²) in [5.41, 5.74) is 1.41. The molecular weight excluding hydrogens is 324 g/mol. The normalized spacial score (nSPS) is 17.1. The standard InChI is InChI=1S/C18H24N2OS2/c1-21-17-6-4-16(5-7-17)14-18(22-12-3-13-23-18)8-2-10-20-11-9-19-15-20/h4-7,9,11,15H,2-3,8,10,12-14H2,1H3. The Hall–Kier alpha value is -1.07. The molecule has 1 aliphatic rings. The van der Waals surface area contributed by atoms with Crippen molar-refractivity contribution in [3.63, 3.8) is 0 Å². The number of benzene rings is 1. The van der Waals surface area contributed by atoms with Crippen LogP contribution in [0.25, 0.3) is 0 Å². The van der Waals surface area contributed by atoms with Crippen molar-refractivity contribution in [2.75, 3.05) is 18.6 Å². The molecule has 124 valence electrons. The van der Waals surface area contributed by atoms with E-state index >= 15 is 0 Å². The molecule has 5 heteroatoms. The molecule has 1 saturated heterocycles. The van der Waals surface area contributed by atoms with E-state index in [2.05, 4.69) is 63.5 Å². The molecule has 0 unspecified atom stereocenters. The summed E-state index contributed by atoms with van der Waals surface area (Å²) in [5.74, 6) is 3.51. The number of aryl methyl sites for hydroxylation is 1. The van der Waals surface area contributed by atoms with Gasteiger partial charge in [0.15, 0.2) is 0 Å². The summed E-state index contributed by atoms with van der Waals surface area (Å²) < 4.78 is 7.78. The van der Waals surface area contributed by atoms with Crippen molar-refractivity contribution in [2.45, 2.75) is 36.3 Å². The van der Waals surface area contributed by atoms with Gasteiger partial charge in [-0.2, -0.15) is 0 Å². The molecule has 2 aromatic rings. The van der Waals surface area contributed by atoms with Gasteiger partial charge in [-0.15, -0.1) is 23.5 Å². The molecule has 0 N–H and O–H groups in total. The molecule has 0 amide bonds. The van der Waals surface area contributed by atoms with E-state index in [4.69, 9.17) is 4.74 Å². The van der Waals surface area contributed by atoms with Crippen molar-refractivity contribution >= 4 is 23.5 Å². The van der Waals surface area contributed by atoms with Gasteiger partial charge in [0.1, 0.15) is 5.75 Å². The second-order valence-corrected chi connectivity index (χ2v) is 9.11. The van der Waals surface area contributed by atoms with E-state index in [1.54, 1.807) is 7.11 Å². The van der Waals surface area contributed by atoms with E-state index in [0.717, 1.165) is 18.7 Å². The Kier molecular flexibility index (Phi) is 5.95. The zero-order chi connectivity index (χ0) is 16.0. The van der Waals surface area contributed by atoms with Crippen molar-refractivity contribution in [1.82, 2.24) is 9.55 Å². The fourth-order valence-corrected chi connectivity index (χ4v) is 6.41. The smallest absolute Gasteiger partial charge is 0.118 e. The van der Waals surface area contributed by atoms with Crippen LogP contribution in [0.5, 0.6) is 5.75 Å². The first-order valence-corrected chi connectivity index (χ1v) is 10.1. The number of methoxy groups -OCH3 is 1. The molecule has 0 aliphatic carbocycles. The number of rotatable bonds is 7. The number of thioether (sulfide) groups is 2. The predicted octanol–water partition coefficient (Wildman–Crippen LogP) is 4.48. The zero-order valence-electron chi connectivity index (χ0n) is 13.6. The maximum Gasteiger partial charge on any atom is 0.118 e. The quantitative estimate of drug-likeness (QED) is 0.737. The lowest BCUT2D eigenvalue weighted by atomic mass is 10.1. The van der Waals surface area contributed by atoms with Gasteiger partial charge >= 0.3 is 0 Å². The van der Waals surface area contributed by atoms with Crippen molar-refractivity contribution < 1.29 is 4.74 Å². The van der Waals surface area contributed by atoms with Gasteiger partial charge in [-0.05, 0) is 54.9 Å². The summed E-state index contributed by atoms with van der Waals surface area (Å²) in [6, 6.07) is 8.58. The van der Waals surface area contributed by atoms with E-state index in [1.807, 2.05) is 12.5 Å². The summed E-state index contributed by atoms with van der Waals surface area (Å²) in [4.78, 5) is 4.13. The van der Waals surface area contributed by atoms with Gasteiger partial charge in [-0.1, -0.05) is 12.1 Å². The largest absolute Gasteiger partial charge is 0.497 e. The maximum atomic E-state index is 5.27. The molecule has 1 aromatic carbocycles. The first-order valence-electron chi connectivity index (χ1n) is 8.16. The van der Waals surface area contributed by atoms with Gasteiger partial charge in [0.25, 0.3) is 0 Å². The summed E-state index contributed by atoms with van der Waals surface area (Å²) in [6.45, 7) is 1.06. The molecule has 23 heavy (non-hydrogen) atoms. The van der Waals surface area contributed by atoms with Crippen molar-refractivity contribution in [3.8, 4) is 5.75 Å². The molecule has 0 bridgehead atoms. The number of nitrogens with zero attached hydrogens (tertiary/aromatic N) is 2. The van der Waals surface area contributed by atoms with Crippen LogP contribution >= 0.6 is 23.5 Å². The first-order chi connectivity index (χ1) is 11.3. The van der Waals surface area contributed by atoms with Crippen LogP contribution in [0.3, 0.4) is 0 Å². The zero-order valence-corrected chi connectivity index (χ0v) is 15.2. The lowest BCUT2D eigenvalue weighted by Crippen LogP contribution is -2.28. The van der Waals surface area contributed by atoms with Crippen molar-refractivity contribution in [1.29, 1.82) is 0 Å². The molecule has 3 nitrogen and oxygen atoms in total. The Morgan fingerprint density at radius 2 is 2.00 bits per heavy atom. The highest BCUT2D eigenvalue weighted by Crippen LogP contribution is 2.47. The van der Waals surface area contributed by atoms with E-state index in [9.17, 15) is 0 Å². The lowest BCUT2D eigenvalue weighted by Gasteiger charge is -2.36. The molecule has 0 saturated carbocycles. The van der Waals surface area contributed by atoms with E-state index in [1.165, 1.54) is 36.3 Å². The minimum atomic E-state index is 0.327. The van der Waals surface area contributed by atoms with Crippen LogP contribution in [0.1, 0.15) is 24.8 Å². The second kappa shape index (κ2) is 8.15. The van der Waals surface area contributed by atoms with Crippen LogP contribution in [0.4, 0.5) is 0 Å². The van der Waals surface area contributed by atoms with Crippen LogP contribution in [-0.4, -0.2) is 32.2 Å². The Bertz CT molecular complexity index is 578. The minimum absolute atomic E-state index is 0.327. The van der Waals surface area contributed by atoms with Crippen LogP contribution in [0.15, 0.2) is 43.0 Å². The van der Waals surface area contributed by atoms with Gasteiger partial charge in [-0.3, -0.25) is 0 Å². The summed E-state index contributed by atoms with van der Waals surface area (Å²) >= 11 is 4.32. The van der Waals surface area contributed by atoms with Crippen LogP contribution in [-0.2, 0) is 13.0 Å². The van der Waals surface area contributed by atoms with E-state index in [0.29, 0.717) is 4.08 Å². The molecule has 1 aromatic heterocycles. The van der Waals surface area contributed by atoms with Gasteiger partial charge in [0, 0.05) is 18.9 Å². The monoisotopic (exact) mass is 348 g/mol. The van der Waals surface area contributed by atoms with Gasteiger partial charge in [0.2, 0.25) is 0 Å². The molecule has 0 spiro atoms. The van der Waals surface area contributed by atoms with E-state index < -0.39 is 0 Å². The third kappa shape index (κ3) is 4.70. The van der Waals surface area contributed by atoms with Gasteiger partial charge in [0.05, 0.1) is 17.5 Å². The number of aromatic nitrogens is 2. The predicted molar refractivity (Wildman–Crippen MR) is 100 cm³/mol. The van der Waals surface area contributed by atoms with Crippen LogP contribution in [0.2, 0.25) is 0 Å². The highest BCUT2D eigenvalue weighted by molar-refractivity contribution is 8.18. The maximum absolute atomic E-state index is 5.27. The van der Waals surface area contributed by atoms with Crippen LogP contribution < -0.4 is 4.74 Å². The third-order valence-electron chi connectivity index (χ3n) is 4.18. The van der Waals surface area contributed by atoms with Crippen LogP contribution in [0, 0.1) is 0 Å². The average molecular weight is 349 g/mol. The van der Waals surface area contributed by atoms with E-state index in [-0.39, 0.29) is 0 Å². The number of imidazole rings is 1. The summed E-state index contributed by atoms with van der Waals surface area (Å²) in [5, 5.41) is 0. The first kappa shape index (κ1) is 16.8. The Morgan fingerprint density at radius 1 is 1.22 bits per heavy atom. The Morgan fingerprint density at radius 3 is 2.65 bits per heavy atom. The highest BCUT2D eigenvalue weighted by Gasteiger charge is 2.33. The number of ether oxygens (including phenoxy) is 1. The molecule has 0 radical (unpaired) electrons. The molecular formula is C18H24N2OS2. The van der Waals surface area contributed by atoms with Gasteiger partial charge in [-0.25, -0.2) is 4.98 Å². The summed E-state index contributed by atoms with van der Waals surface area (Å²) in [7, 11) is 1.72. The topological polar surface area (TPSA) is 27.1 Å². The molecule has 1 fully saturated rings. The average Bonchev–Trinajstić information content (AvgIpc) is 3.10. The highest BCUT2D eigenvalue weighted by atomic mass is 32.2. The lowest BCUT2D eigenvalue weighted by molar-refractivity contribution is 0.414. The van der Waals surface area contributed by atoms with Gasteiger partial charge < -0.3 is 9.30 Å². The second-order valence-electron chi connectivity index (χ2n) is 5.89. The van der Waals surface area contributed by atoms with Crippen molar-refractivity contribution in [3.05, 3.63) is 48.5 Å². The number of hydrogen-bond acceptors (Lipinski definition) is 4. The molecule has 0 atom stereocenters. The molecule has 1 aliphatic heterocycles. The SMILES string of the molecule is COc1ccc(CC2(CCCn3ccnc3)SCCCS2)cc1. The molecule has 2 heterocycles. The van der Waals surface area contributed by atoms with Crippen molar-refractivity contribution in [2.24, 2.45) is 0 Å². The fourth-order valence-electron chi connectivity index (χ4n) is 2.96. The number of hydrogen-bond donors (Lipinski definition) is 0. The fraction of sp³-hybridized carbons (Fsp3) is 0.500. The minimum Gasteiger partial charge on any atom is -0.497 e. The third-order valence-corrected chi connectivity index (χ3v) is 7.63. The Balaban J connectivity index is 1.63. The Labute approximate surface area is 147 Å². The molecule has 3 rings (SSSR count). The summed E-state index contributed by atoms with van der Waals surface area (Å²) in [6.07, 6.45) is 10.7.